The summed E-state index contributed by atoms with van der Waals surface area (Å²) in [6.07, 6.45) is -19.3. The first-order chi connectivity index (χ1) is 14.0. The molecule has 1 aliphatic heterocycles. The number of benzene rings is 1. The number of carbonyl (C=O) groups excluding carboxylic acids is 1. The van der Waals surface area contributed by atoms with Gasteiger partial charge in [0.2, 0.25) is 5.83 Å². The van der Waals surface area contributed by atoms with Crippen LogP contribution in [0, 0.1) is 10.1 Å². The number of nitrogens with zero attached hydrogens (tertiary/aromatic N) is 2. The number of nitro groups is 1. The van der Waals surface area contributed by atoms with Gasteiger partial charge in [-0.1, -0.05) is 11.8 Å². The molecule has 0 spiro atoms. The number of rotatable bonds is 3. The van der Waals surface area contributed by atoms with Gasteiger partial charge in [-0.05, 0) is 6.07 Å². The smallest absolute Gasteiger partial charge is 0.334 e. The molecule has 0 aliphatic carbocycles. The minimum absolute atomic E-state index is 0.0661. The number of nitrogens with one attached hydrogen (secondary N) is 1. The maximum atomic E-state index is 13.7. The van der Waals surface area contributed by atoms with E-state index in [1.807, 2.05) is 0 Å². The van der Waals surface area contributed by atoms with Crippen LogP contribution in [0.4, 0.5) is 55.3 Å². The molecule has 0 saturated heterocycles. The Balaban J connectivity index is 2.69. The summed E-state index contributed by atoms with van der Waals surface area (Å²) in [7, 11) is 0. The number of non-ortho nitro benzene ring substituents is 1. The van der Waals surface area contributed by atoms with Crippen LogP contribution in [0.3, 0.4) is 0 Å². The highest BCUT2D eigenvalue weighted by atomic mass is 32.2. The highest BCUT2D eigenvalue weighted by Crippen LogP contribution is 2.59. The molecule has 0 bridgehead atoms. The molecule has 31 heavy (non-hydrogen) atoms. The van der Waals surface area contributed by atoms with E-state index in [1.165, 1.54) is 0 Å². The molecule has 1 aromatic rings. The van der Waals surface area contributed by atoms with Crippen LogP contribution in [0.25, 0.3) is 0 Å². The lowest BCUT2D eigenvalue weighted by molar-refractivity contribution is -0.384. The molecule has 0 amide bonds. The molecule has 1 aliphatic rings. The Morgan fingerprint density at radius 3 is 2.06 bits per heavy atom. The number of alkyl halides is 9. The number of aldehydes is 1. The number of aliphatic imine (C=N–C) groups is 1. The normalized spacial score (nSPS) is 18.5. The topological polar surface area (TPSA) is 84.6 Å². The van der Waals surface area contributed by atoms with E-state index in [-0.39, 0.29) is 6.29 Å². The third-order valence-corrected chi connectivity index (χ3v) is 4.75. The second kappa shape index (κ2) is 7.69. The van der Waals surface area contributed by atoms with Crippen molar-refractivity contribution in [1.29, 1.82) is 0 Å². The lowest BCUT2D eigenvalue weighted by Gasteiger charge is -2.31. The van der Waals surface area contributed by atoms with Gasteiger partial charge in [-0.15, -0.1) is 0 Å². The minimum Gasteiger partial charge on any atom is -0.334 e. The molecular formula is C14H5F10N3O3S. The fourth-order valence-electron chi connectivity index (χ4n) is 2.32. The van der Waals surface area contributed by atoms with Crippen LogP contribution in [0.2, 0.25) is 0 Å². The van der Waals surface area contributed by atoms with Crippen LogP contribution in [0.15, 0.2) is 33.9 Å². The average molecular weight is 485 g/mol. The van der Waals surface area contributed by atoms with E-state index in [1.54, 1.807) is 5.32 Å². The number of allylic oxidation sites excluding steroid dienone is 1. The summed E-state index contributed by atoms with van der Waals surface area (Å²) >= 11 is -0.935. The van der Waals surface area contributed by atoms with Gasteiger partial charge in [-0.3, -0.25) is 14.9 Å². The fraction of sp³-hybridized carbons (Fsp3) is 0.286. The summed E-state index contributed by atoms with van der Waals surface area (Å²) in [6, 6.07) is 1.97. The Bertz CT molecular complexity index is 967. The lowest BCUT2D eigenvalue weighted by Crippen LogP contribution is -2.55. The molecule has 0 saturated carbocycles. The van der Waals surface area contributed by atoms with Crippen LogP contribution in [0.1, 0.15) is 10.4 Å². The number of halogens is 10. The summed E-state index contributed by atoms with van der Waals surface area (Å²) in [5.74, 6) is -3.66. The maximum Gasteiger partial charge on any atom is 0.443 e. The Morgan fingerprint density at radius 1 is 1.10 bits per heavy atom. The molecule has 17 heteroatoms. The van der Waals surface area contributed by atoms with Crippen LogP contribution in [0.5, 0.6) is 0 Å². The summed E-state index contributed by atoms with van der Waals surface area (Å²) in [5.41, 5.74) is -7.53. The number of nitro benzene ring substituents is 1. The van der Waals surface area contributed by atoms with E-state index in [0.717, 1.165) is 0 Å². The molecule has 1 heterocycles. The molecule has 0 radical (unpaired) electrons. The number of anilines is 1. The van der Waals surface area contributed by atoms with Crippen LogP contribution in [-0.2, 0) is 0 Å². The zero-order chi connectivity index (χ0) is 24.0. The van der Waals surface area contributed by atoms with Gasteiger partial charge >= 0.3 is 18.5 Å². The summed E-state index contributed by atoms with van der Waals surface area (Å²) < 4.78 is 132. The number of carbonyl (C=O) groups is 1. The van der Waals surface area contributed by atoms with Crippen molar-refractivity contribution in [1.82, 2.24) is 0 Å². The SMILES string of the molecule is O=Cc1cc([N+](=O)[O-])ccc1NC1=NC(C(F)(F)F)(C(F)(F)F)C(=C(F)C(F)(F)F)S1. The van der Waals surface area contributed by atoms with Gasteiger partial charge in [-0.2, -0.15) is 39.5 Å². The van der Waals surface area contributed by atoms with Crippen molar-refractivity contribution < 1.29 is 53.6 Å². The number of thioether (sulfide) groups is 1. The van der Waals surface area contributed by atoms with Gasteiger partial charge in [0, 0.05) is 17.7 Å². The maximum absolute atomic E-state index is 13.7. The molecule has 0 fully saturated rings. The Labute approximate surface area is 168 Å². The zero-order valence-corrected chi connectivity index (χ0v) is 14.9. The van der Waals surface area contributed by atoms with Crippen molar-refractivity contribution in [2.24, 2.45) is 4.99 Å². The van der Waals surface area contributed by atoms with Gasteiger partial charge in [0.1, 0.15) is 0 Å². The third-order valence-electron chi connectivity index (χ3n) is 3.68. The Morgan fingerprint density at radius 2 is 1.65 bits per heavy atom. The number of hydrogen-bond donors (Lipinski definition) is 1. The second-order valence-electron chi connectivity index (χ2n) is 5.64. The molecular weight excluding hydrogens is 480 g/mol. The molecule has 1 aromatic carbocycles. The molecule has 0 unspecified atom stereocenters. The van der Waals surface area contributed by atoms with E-state index in [9.17, 15) is 58.8 Å². The Hall–Kier alpha value is -2.85. The highest BCUT2D eigenvalue weighted by Gasteiger charge is 2.77. The van der Waals surface area contributed by atoms with E-state index in [0.29, 0.717) is 18.2 Å². The predicted molar refractivity (Wildman–Crippen MR) is 86.2 cm³/mol. The fourth-order valence-corrected chi connectivity index (χ4v) is 3.48. The van der Waals surface area contributed by atoms with Gasteiger partial charge in [-0.25, -0.2) is 9.38 Å². The van der Waals surface area contributed by atoms with Crippen molar-refractivity contribution in [3.05, 3.63) is 44.6 Å². The minimum atomic E-state index is -6.54. The summed E-state index contributed by atoms with van der Waals surface area (Å²) in [4.78, 5) is 20.2. The summed E-state index contributed by atoms with van der Waals surface area (Å²) in [5, 5.41) is 10.9. The van der Waals surface area contributed by atoms with Crippen molar-refractivity contribution in [3.63, 3.8) is 0 Å². The van der Waals surface area contributed by atoms with E-state index in [2.05, 4.69) is 4.99 Å². The highest BCUT2D eigenvalue weighted by molar-refractivity contribution is 8.17. The van der Waals surface area contributed by atoms with Crippen molar-refractivity contribution in [2.75, 3.05) is 5.32 Å². The van der Waals surface area contributed by atoms with Crippen molar-refractivity contribution >= 4 is 34.6 Å². The summed E-state index contributed by atoms with van der Waals surface area (Å²) in [6.45, 7) is 0. The lowest BCUT2D eigenvalue weighted by atomic mass is 9.97. The van der Waals surface area contributed by atoms with Gasteiger partial charge in [0.15, 0.2) is 11.5 Å². The van der Waals surface area contributed by atoms with E-state index in [4.69, 9.17) is 0 Å². The van der Waals surface area contributed by atoms with Crippen LogP contribution in [-0.4, -0.2) is 40.4 Å². The van der Waals surface area contributed by atoms with Crippen molar-refractivity contribution in [3.8, 4) is 0 Å². The monoisotopic (exact) mass is 485 g/mol. The largest absolute Gasteiger partial charge is 0.443 e. The second-order valence-corrected chi connectivity index (χ2v) is 6.64. The number of amidine groups is 1. The zero-order valence-electron chi connectivity index (χ0n) is 14.1. The number of hydrogen-bond acceptors (Lipinski definition) is 6. The molecule has 1 N–H and O–H groups in total. The van der Waals surface area contributed by atoms with E-state index < -0.39 is 73.6 Å². The van der Waals surface area contributed by atoms with Crippen LogP contribution < -0.4 is 5.32 Å². The molecule has 170 valence electrons. The van der Waals surface area contributed by atoms with Gasteiger partial charge in [0.25, 0.3) is 11.2 Å². The predicted octanol–water partition coefficient (Wildman–Crippen LogP) is 5.53. The third kappa shape index (κ3) is 4.31. The van der Waals surface area contributed by atoms with E-state index >= 15 is 0 Å². The molecule has 2 rings (SSSR count). The Kier molecular flexibility index (Phi) is 6.05. The quantitative estimate of drug-likeness (QED) is 0.264. The van der Waals surface area contributed by atoms with Crippen LogP contribution >= 0.6 is 11.8 Å². The van der Waals surface area contributed by atoms with Gasteiger partial charge < -0.3 is 5.32 Å². The first kappa shape index (κ1) is 24.4. The standard InChI is InChI=1S/C14H5F10N3O3S/c15-8(12(16,17)18)9-11(13(19,20)21,14(22,23)24)26-10(31-9)25-7-2-1-6(27(29)30)3-5(7)4-28/h1-4H,(H,25,26). The average Bonchev–Trinajstić information content (AvgIpc) is 3.00. The first-order valence-corrected chi connectivity index (χ1v) is 8.16. The first-order valence-electron chi connectivity index (χ1n) is 7.35. The molecule has 6 nitrogen and oxygen atoms in total. The van der Waals surface area contributed by atoms with Crippen molar-refractivity contribution in [2.45, 2.75) is 24.1 Å². The molecule has 0 aromatic heterocycles. The molecule has 0 atom stereocenters. The van der Waals surface area contributed by atoms with Gasteiger partial charge in [0.05, 0.1) is 15.5 Å².